The Morgan fingerprint density at radius 1 is 1.03 bits per heavy atom. The number of anilines is 1. The van der Waals surface area contributed by atoms with Crippen LogP contribution in [0.15, 0.2) is 72.9 Å². The van der Waals surface area contributed by atoms with Gasteiger partial charge in [0.1, 0.15) is 24.2 Å². The van der Waals surface area contributed by atoms with Crippen LogP contribution in [0.25, 0.3) is 0 Å². The molecule has 31 heavy (non-hydrogen) atoms. The van der Waals surface area contributed by atoms with E-state index < -0.39 is 6.10 Å². The molecule has 1 amide bonds. The summed E-state index contributed by atoms with van der Waals surface area (Å²) in [5, 5.41) is 25.7. The Kier molecular flexibility index (Phi) is 10.1. The second kappa shape index (κ2) is 12.8. The smallest absolute Gasteiger partial charge is 0.272 e. The molecule has 0 fully saturated rings. The van der Waals surface area contributed by atoms with Crippen molar-refractivity contribution in [3.8, 4) is 5.75 Å². The molecule has 1 aromatic heterocycles. The first-order valence-corrected chi connectivity index (χ1v) is 9.88. The fourth-order valence-electron chi connectivity index (χ4n) is 2.95. The van der Waals surface area contributed by atoms with Crippen molar-refractivity contribution in [2.45, 2.75) is 18.6 Å². The number of H-pyrrole nitrogens is 1. The molecule has 5 N–H and O–H groups in total. The molecular weight excluding hydrogens is 418 g/mol. The average Bonchev–Trinajstić information content (AvgIpc) is 3.32. The van der Waals surface area contributed by atoms with E-state index in [1.807, 2.05) is 54.6 Å². The summed E-state index contributed by atoms with van der Waals surface area (Å²) in [6.45, 7) is 0.421. The normalized spacial score (nSPS) is 12.5. The van der Waals surface area contributed by atoms with E-state index in [0.717, 1.165) is 5.56 Å². The summed E-state index contributed by atoms with van der Waals surface area (Å²) in [5.41, 5.74) is 2.20. The number of aliphatic hydroxyl groups excluding tert-OH is 2. The van der Waals surface area contributed by atoms with E-state index in [1.54, 1.807) is 18.3 Å². The van der Waals surface area contributed by atoms with Crippen LogP contribution in [-0.2, 0) is 6.42 Å². The van der Waals surface area contributed by atoms with Crippen molar-refractivity contribution in [1.82, 2.24) is 10.3 Å². The van der Waals surface area contributed by atoms with Gasteiger partial charge in [0.15, 0.2) is 0 Å². The third-order valence-electron chi connectivity index (χ3n) is 4.58. The van der Waals surface area contributed by atoms with Gasteiger partial charge in [0.05, 0.1) is 6.61 Å². The van der Waals surface area contributed by atoms with Crippen molar-refractivity contribution >= 4 is 24.0 Å². The highest BCUT2D eigenvalue weighted by Crippen LogP contribution is 2.13. The molecule has 0 aliphatic heterocycles. The zero-order chi connectivity index (χ0) is 21.2. The van der Waals surface area contributed by atoms with E-state index in [0.29, 0.717) is 30.1 Å². The van der Waals surface area contributed by atoms with Gasteiger partial charge in [-0.2, -0.15) is 0 Å². The first-order chi connectivity index (χ1) is 14.6. The van der Waals surface area contributed by atoms with Gasteiger partial charge in [0, 0.05) is 24.5 Å². The second-order valence-electron chi connectivity index (χ2n) is 7.00. The minimum absolute atomic E-state index is 0. The minimum atomic E-state index is -0.690. The summed E-state index contributed by atoms with van der Waals surface area (Å²) in [7, 11) is 0. The number of nitrogens with one attached hydrogen (secondary N) is 3. The van der Waals surface area contributed by atoms with E-state index in [-0.39, 0.29) is 37.6 Å². The van der Waals surface area contributed by atoms with Gasteiger partial charge in [0.25, 0.3) is 5.91 Å². The number of carbonyl (C=O) groups excluding carboxylic acids is 1. The molecule has 0 radical (unpaired) electrons. The number of aromatic amines is 1. The predicted molar refractivity (Wildman–Crippen MR) is 123 cm³/mol. The number of ether oxygens (including phenoxy) is 1. The maximum absolute atomic E-state index is 12.1. The molecule has 0 bridgehead atoms. The van der Waals surface area contributed by atoms with Gasteiger partial charge >= 0.3 is 0 Å². The zero-order valence-corrected chi connectivity index (χ0v) is 17.8. The van der Waals surface area contributed by atoms with Crippen molar-refractivity contribution in [3.63, 3.8) is 0 Å². The molecule has 8 heteroatoms. The van der Waals surface area contributed by atoms with Crippen LogP contribution < -0.4 is 15.4 Å². The minimum Gasteiger partial charge on any atom is -0.491 e. The van der Waals surface area contributed by atoms with Gasteiger partial charge in [-0.1, -0.05) is 30.3 Å². The highest BCUT2D eigenvalue weighted by molar-refractivity contribution is 6.02. The fraction of sp³-hybridized carbons (Fsp3) is 0.261. The SMILES string of the molecule is Cl.O=C(Nc1ccc(C[C@@H](CO)NC[C@H](O)COc2ccccc2)cc1)c1ccc[nH]1. The van der Waals surface area contributed by atoms with Crippen LogP contribution in [0, 0.1) is 0 Å². The fourth-order valence-corrected chi connectivity index (χ4v) is 2.95. The Hall–Kier alpha value is -2.84. The van der Waals surface area contributed by atoms with Gasteiger partial charge in [-0.15, -0.1) is 12.4 Å². The molecule has 0 spiro atoms. The molecule has 0 unspecified atom stereocenters. The third kappa shape index (κ3) is 8.07. The lowest BCUT2D eigenvalue weighted by molar-refractivity contribution is 0.0997. The number of hydrogen-bond donors (Lipinski definition) is 5. The van der Waals surface area contributed by atoms with Gasteiger partial charge in [-0.3, -0.25) is 4.79 Å². The number of aromatic nitrogens is 1. The van der Waals surface area contributed by atoms with Crippen LogP contribution in [0.3, 0.4) is 0 Å². The number of para-hydroxylation sites is 1. The summed E-state index contributed by atoms with van der Waals surface area (Å²) in [6, 6.07) is 20.1. The number of hydrogen-bond acceptors (Lipinski definition) is 5. The Morgan fingerprint density at radius 3 is 2.42 bits per heavy atom. The van der Waals surface area contributed by atoms with Crippen LogP contribution in [0.5, 0.6) is 5.75 Å². The van der Waals surface area contributed by atoms with Crippen molar-refractivity contribution in [2.75, 3.05) is 25.1 Å². The van der Waals surface area contributed by atoms with Crippen molar-refractivity contribution in [3.05, 3.63) is 84.2 Å². The molecule has 2 atom stereocenters. The van der Waals surface area contributed by atoms with Crippen LogP contribution in [0.4, 0.5) is 5.69 Å². The first kappa shape index (κ1) is 24.4. The van der Waals surface area contributed by atoms with Gasteiger partial charge in [-0.25, -0.2) is 0 Å². The first-order valence-electron chi connectivity index (χ1n) is 9.88. The molecular formula is C23H28ClN3O4. The lowest BCUT2D eigenvalue weighted by atomic mass is 10.1. The second-order valence-corrected chi connectivity index (χ2v) is 7.00. The molecule has 3 aromatic rings. The number of halogens is 1. The number of aliphatic hydroxyl groups is 2. The number of amides is 1. The predicted octanol–water partition coefficient (Wildman–Crippen LogP) is 2.62. The highest BCUT2D eigenvalue weighted by Gasteiger charge is 2.12. The Labute approximate surface area is 187 Å². The Bertz CT molecular complexity index is 889. The summed E-state index contributed by atoms with van der Waals surface area (Å²) in [4.78, 5) is 14.9. The Morgan fingerprint density at radius 2 is 1.77 bits per heavy atom. The standard InChI is InChI=1S/C23H27N3O4.ClH/c27-15-19(25-14-20(28)16-30-21-5-2-1-3-6-21)13-17-8-10-18(11-9-17)26-23(29)22-7-4-12-24-22;/h1-12,19-20,24-25,27-28H,13-16H2,(H,26,29);1H/t19-,20-;/m0./s1. The maximum atomic E-state index is 12.1. The van der Waals surface area contributed by atoms with E-state index in [2.05, 4.69) is 15.6 Å². The van der Waals surface area contributed by atoms with Gasteiger partial charge in [0.2, 0.25) is 0 Å². The third-order valence-corrected chi connectivity index (χ3v) is 4.58. The van der Waals surface area contributed by atoms with Crippen LogP contribution >= 0.6 is 12.4 Å². The van der Waals surface area contributed by atoms with E-state index in [9.17, 15) is 15.0 Å². The quantitative estimate of drug-likeness (QED) is 0.312. The zero-order valence-electron chi connectivity index (χ0n) is 17.0. The number of carbonyl (C=O) groups is 1. The molecule has 0 aliphatic carbocycles. The van der Waals surface area contributed by atoms with Crippen LogP contribution in [-0.4, -0.2) is 53.0 Å². The van der Waals surface area contributed by atoms with Gasteiger partial charge < -0.3 is 30.6 Å². The van der Waals surface area contributed by atoms with E-state index >= 15 is 0 Å². The topological polar surface area (TPSA) is 107 Å². The summed E-state index contributed by atoms with van der Waals surface area (Å²) >= 11 is 0. The molecule has 166 valence electrons. The van der Waals surface area contributed by atoms with Crippen molar-refractivity contribution in [2.24, 2.45) is 0 Å². The molecule has 0 saturated heterocycles. The lowest BCUT2D eigenvalue weighted by Crippen LogP contribution is -2.41. The maximum Gasteiger partial charge on any atom is 0.272 e. The lowest BCUT2D eigenvalue weighted by Gasteiger charge is -2.19. The van der Waals surface area contributed by atoms with Crippen molar-refractivity contribution < 1.29 is 19.7 Å². The summed E-state index contributed by atoms with van der Waals surface area (Å²) < 4.78 is 5.53. The summed E-state index contributed by atoms with van der Waals surface area (Å²) in [5.74, 6) is 0.507. The highest BCUT2D eigenvalue weighted by atomic mass is 35.5. The van der Waals surface area contributed by atoms with E-state index in [4.69, 9.17) is 4.74 Å². The molecule has 7 nitrogen and oxygen atoms in total. The molecule has 0 saturated carbocycles. The molecule has 1 heterocycles. The number of benzene rings is 2. The van der Waals surface area contributed by atoms with Crippen LogP contribution in [0.2, 0.25) is 0 Å². The molecule has 2 aromatic carbocycles. The van der Waals surface area contributed by atoms with Gasteiger partial charge in [-0.05, 0) is 48.4 Å². The largest absolute Gasteiger partial charge is 0.491 e. The van der Waals surface area contributed by atoms with Crippen molar-refractivity contribution in [1.29, 1.82) is 0 Å². The monoisotopic (exact) mass is 445 g/mol. The summed E-state index contributed by atoms with van der Waals surface area (Å²) in [6.07, 6.45) is 1.60. The average molecular weight is 446 g/mol. The van der Waals surface area contributed by atoms with E-state index in [1.165, 1.54) is 0 Å². The molecule has 3 rings (SSSR count). The number of rotatable bonds is 11. The molecule has 0 aliphatic rings. The van der Waals surface area contributed by atoms with Crippen LogP contribution in [0.1, 0.15) is 16.1 Å². The Balaban J connectivity index is 0.00000341.